The van der Waals surface area contributed by atoms with Gasteiger partial charge in [0.2, 0.25) is 0 Å². The van der Waals surface area contributed by atoms with Gasteiger partial charge in [0, 0.05) is 35.7 Å². The molecule has 0 aromatic heterocycles. The topological polar surface area (TPSA) is 87.7 Å². The van der Waals surface area contributed by atoms with E-state index in [-0.39, 0.29) is 16.4 Å². The van der Waals surface area contributed by atoms with Crippen LogP contribution >= 0.6 is 0 Å². The van der Waals surface area contributed by atoms with Crippen molar-refractivity contribution >= 4 is 33.0 Å². The molecule has 1 aliphatic rings. The van der Waals surface area contributed by atoms with Crippen LogP contribution in [-0.4, -0.2) is 40.6 Å². The molecule has 1 heterocycles. The number of benzene rings is 3. The summed E-state index contributed by atoms with van der Waals surface area (Å²) in [5.41, 5.74) is 4.03. The molecule has 8 heteroatoms. The Morgan fingerprint density at radius 1 is 0.879 bits per heavy atom. The number of morpholine rings is 1. The summed E-state index contributed by atoms with van der Waals surface area (Å²) in [4.78, 5) is 15.1. The zero-order valence-electron chi connectivity index (χ0n) is 18.7. The molecule has 0 radical (unpaired) electrons. The molecule has 0 saturated carbocycles. The van der Waals surface area contributed by atoms with Crippen LogP contribution in [0.2, 0.25) is 0 Å². The number of anilines is 3. The van der Waals surface area contributed by atoms with Gasteiger partial charge in [-0.05, 0) is 67.9 Å². The molecule has 1 amide bonds. The van der Waals surface area contributed by atoms with Gasteiger partial charge in [0.25, 0.3) is 15.9 Å². The number of hydrogen-bond donors (Lipinski definition) is 2. The van der Waals surface area contributed by atoms with Gasteiger partial charge in [0.15, 0.2) is 0 Å². The third-order valence-electron chi connectivity index (χ3n) is 5.55. The van der Waals surface area contributed by atoms with Crippen molar-refractivity contribution in [3.63, 3.8) is 0 Å². The molecule has 1 aliphatic heterocycles. The number of aryl methyl sites for hydroxylation is 2. The second-order valence-corrected chi connectivity index (χ2v) is 9.70. The van der Waals surface area contributed by atoms with Crippen LogP contribution in [0.5, 0.6) is 0 Å². The summed E-state index contributed by atoms with van der Waals surface area (Å²) < 4.78 is 33.9. The Kier molecular flexibility index (Phi) is 6.67. The van der Waals surface area contributed by atoms with Crippen LogP contribution in [0, 0.1) is 13.8 Å². The molecule has 1 saturated heterocycles. The highest BCUT2D eigenvalue weighted by Crippen LogP contribution is 2.23. The molecule has 0 bridgehead atoms. The lowest BCUT2D eigenvalue weighted by Crippen LogP contribution is -2.36. The molecule has 4 rings (SSSR count). The second-order valence-electron chi connectivity index (χ2n) is 8.05. The van der Waals surface area contributed by atoms with Crippen LogP contribution in [-0.2, 0) is 14.8 Å². The van der Waals surface area contributed by atoms with Gasteiger partial charge < -0.3 is 15.0 Å². The number of carbonyl (C=O) groups excluding carboxylic acids is 1. The maximum Gasteiger partial charge on any atom is 0.262 e. The molecule has 7 nitrogen and oxygen atoms in total. The molecule has 0 spiro atoms. The van der Waals surface area contributed by atoms with Gasteiger partial charge in [-0.2, -0.15) is 0 Å². The van der Waals surface area contributed by atoms with E-state index in [4.69, 9.17) is 4.74 Å². The van der Waals surface area contributed by atoms with Gasteiger partial charge in [0.1, 0.15) is 0 Å². The van der Waals surface area contributed by atoms with E-state index in [9.17, 15) is 13.2 Å². The van der Waals surface area contributed by atoms with Crippen molar-refractivity contribution in [1.29, 1.82) is 0 Å². The lowest BCUT2D eigenvalue weighted by Gasteiger charge is -2.28. The summed E-state index contributed by atoms with van der Waals surface area (Å²) in [5.74, 6) is -0.374. The minimum absolute atomic E-state index is 0.0680. The maximum atomic E-state index is 13.0. The Labute approximate surface area is 194 Å². The van der Waals surface area contributed by atoms with Gasteiger partial charge in [0.05, 0.1) is 18.1 Å². The Hall–Kier alpha value is -3.36. The van der Waals surface area contributed by atoms with E-state index in [1.165, 1.54) is 6.07 Å². The second kappa shape index (κ2) is 9.64. The first-order chi connectivity index (χ1) is 15.8. The number of hydrogen-bond acceptors (Lipinski definition) is 5. The highest BCUT2D eigenvalue weighted by Gasteiger charge is 2.20. The Bertz CT molecular complexity index is 1230. The molecule has 0 unspecified atom stereocenters. The number of rotatable bonds is 6. The van der Waals surface area contributed by atoms with Crippen molar-refractivity contribution in [2.45, 2.75) is 18.7 Å². The Morgan fingerprint density at radius 3 is 2.18 bits per heavy atom. The van der Waals surface area contributed by atoms with Crippen LogP contribution in [0.3, 0.4) is 0 Å². The highest BCUT2D eigenvalue weighted by molar-refractivity contribution is 7.92. The molecule has 1 fully saturated rings. The summed E-state index contributed by atoms with van der Waals surface area (Å²) in [5, 5.41) is 2.85. The van der Waals surface area contributed by atoms with E-state index in [1.807, 2.05) is 43.3 Å². The first-order valence-electron chi connectivity index (χ1n) is 10.8. The van der Waals surface area contributed by atoms with E-state index in [0.29, 0.717) is 30.2 Å². The van der Waals surface area contributed by atoms with Gasteiger partial charge in [-0.15, -0.1) is 0 Å². The largest absolute Gasteiger partial charge is 0.378 e. The van der Waals surface area contributed by atoms with Crippen molar-refractivity contribution in [1.82, 2.24) is 0 Å². The van der Waals surface area contributed by atoms with Crippen LogP contribution in [0.4, 0.5) is 17.1 Å². The molecule has 33 heavy (non-hydrogen) atoms. The lowest BCUT2D eigenvalue weighted by atomic mass is 10.1. The monoisotopic (exact) mass is 465 g/mol. The van der Waals surface area contributed by atoms with Crippen LogP contribution < -0.4 is 14.9 Å². The third kappa shape index (κ3) is 5.53. The van der Waals surface area contributed by atoms with E-state index < -0.39 is 10.0 Å². The summed E-state index contributed by atoms with van der Waals surface area (Å²) in [6.07, 6.45) is 0. The van der Waals surface area contributed by atoms with Gasteiger partial charge >= 0.3 is 0 Å². The molecule has 0 atom stereocenters. The van der Waals surface area contributed by atoms with E-state index in [2.05, 4.69) is 14.9 Å². The Balaban J connectivity index is 1.49. The number of sulfonamides is 1. The standard InChI is InChI=1S/C25H27N3O4S/c1-18-3-7-22(8-4-18)27-33(30,31)24-17-20(6-5-19(24)2)25(29)26-21-9-11-23(12-10-21)28-13-15-32-16-14-28/h3-12,17,27H,13-16H2,1-2H3,(H,26,29). The zero-order chi connectivity index (χ0) is 23.4. The number of amides is 1. The summed E-state index contributed by atoms with van der Waals surface area (Å²) >= 11 is 0. The minimum Gasteiger partial charge on any atom is -0.378 e. The number of ether oxygens (including phenoxy) is 1. The van der Waals surface area contributed by atoms with Crippen LogP contribution in [0.1, 0.15) is 21.5 Å². The van der Waals surface area contributed by atoms with Gasteiger partial charge in [-0.1, -0.05) is 23.8 Å². The van der Waals surface area contributed by atoms with Gasteiger partial charge in [-0.25, -0.2) is 8.42 Å². The van der Waals surface area contributed by atoms with E-state index in [1.54, 1.807) is 31.2 Å². The van der Waals surface area contributed by atoms with Crippen molar-refractivity contribution < 1.29 is 17.9 Å². The van der Waals surface area contributed by atoms with E-state index in [0.717, 1.165) is 24.3 Å². The van der Waals surface area contributed by atoms with Crippen molar-refractivity contribution in [2.75, 3.05) is 41.2 Å². The van der Waals surface area contributed by atoms with Crippen molar-refractivity contribution in [3.05, 3.63) is 83.4 Å². The fourth-order valence-electron chi connectivity index (χ4n) is 3.64. The smallest absolute Gasteiger partial charge is 0.262 e. The normalized spacial score (nSPS) is 14.1. The summed E-state index contributed by atoms with van der Waals surface area (Å²) in [6.45, 7) is 6.72. The molecular formula is C25H27N3O4S. The fraction of sp³-hybridized carbons (Fsp3) is 0.240. The molecular weight excluding hydrogens is 438 g/mol. The number of nitrogens with zero attached hydrogens (tertiary/aromatic N) is 1. The zero-order valence-corrected chi connectivity index (χ0v) is 19.5. The average Bonchev–Trinajstić information content (AvgIpc) is 2.81. The average molecular weight is 466 g/mol. The molecule has 172 valence electrons. The van der Waals surface area contributed by atoms with Crippen molar-refractivity contribution in [3.8, 4) is 0 Å². The molecule has 2 N–H and O–H groups in total. The van der Waals surface area contributed by atoms with Crippen LogP contribution in [0.25, 0.3) is 0 Å². The third-order valence-corrected chi connectivity index (χ3v) is 7.07. The quantitative estimate of drug-likeness (QED) is 0.570. The summed E-state index contributed by atoms with van der Waals surface area (Å²) in [6, 6.07) is 19.3. The number of carbonyl (C=O) groups is 1. The molecule has 0 aliphatic carbocycles. The van der Waals surface area contributed by atoms with E-state index >= 15 is 0 Å². The predicted octanol–water partition coefficient (Wildman–Crippen LogP) is 4.19. The fourth-order valence-corrected chi connectivity index (χ4v) is 4.97. The molecule has 3 aromatic carbocycles. The first kappa shape index (κ1) is 22.8. The number of nitrogens with one attached hydrogen (secondary N) is 2. The van der Waals surface area contributed by atoms with Crippen molar-refractivity contribution in [2.24, 2.45) is 0 Å². The SMILES string of the molecule is Cc1ccc(NS(=O)(=O)c2cc(C(=O)Nc3ccc(N4CCOCC4)cc3)ccc2C)cc1. The highest BCUT2D eigenvalue weighted by atomic mass is 32.2. The maximum absolute atomic E-state index is 13.0. The predicted molar refractivity (Wildman–Crippen MR) is 131 cm³/mol. The first-order valence-corrected chi connectivity index (χ1v) is 12.2. The Morgan fingerprint density at radius 2 is 1.52 bits per heavy atom. The molecule has 3 aromatic rings. The van der Waals surface area contributed by atoms with Gasteiger partial charge in [-0.3, -0.25) is 9.52 Å². The lowest BCUT2D eigenvalue weighted by molar-refractivity contribution is 0.102. The minimum atomic E-state index is -3.85. The van der Waals surface area contributed by atoms with Crippen LogP contribution in [0.15, 0.2) is 71.6 Å². The summed E-state index contributed by atoms with van der Waals surface area (Å²) in [7, 11) is -3.85.